The first kappa shape index (κ1) is 18.0. The molecule has 0 saturated heterocycles. The number of methoxy groups -OCH3 is 1. The van der Waals surface area contributed by atoms with Crippen LogP contribution in [0, 0.1) is 0 Å². The Balaban J connectivity index is 1.75. The fraction of sp³-hybridized carbons (Fsp3) is 0.278. The molecule has 0 radical (unpaired) electrons. The van der Waals surface area contributed by atoms with Crippen LogP contribution in [0.4, 0.5) is 0 Å². The zero-order chi connectivity index (χ0) is 17.7. The Morgan fingerprint density at radius 2 is 1.80 bits per heavy atom. The van der Waals surface area contributed by atoms with Crippen LogP contribution in [-0.2, 0) is 21.1 Å². The van der Waals surface area contributed by atoms with E-state index in [-0.39, 0.29) is 5.75 Å². The zero-order valence-electron chi connectivity index (χ0n) is 14.0. The smallest absolute Gasteiger partial charge is 0.179 e. The van der Waals surface area contributed by atoms with Gasteiger partial charge in [-0.1, -0.05) is 42.1 Å². The lowest BCUT2D eigenvalue weighted by atomic mass is 10.3. The summed E-state index contributed by atoms with van der Waals surface area (Å²) in [4.78, 5) is 5.00. The first-order valence-corrected chi connectivity index (χ1v) is 10.6. The molecule has 1 aromatic heterocycles. The fourth-order valence-corrected chi connectivity index (χ4v) is 5.26. The predicted molar refractivity (Wildman–Crippen MR) is 101 cm³/mol. The Morgan fingerprint density at radius 1 is 1.08 bits per heavy atom. The third kappa shape index (κ3) is 4.23. The largest absolute Gasteiger partial charge is 0.383 e. The number of hydrogen-bond acceptors (Lipinski definition) is 5. The van der Waals surface area contributed by atoms with Crippen molar-refractivity contribution in [1.29, 1.82) is 0 Å². The quantitative estimate of drug-likeness (QED) is 0.565. The lowest BCUT2D eigenvalue weighted by molar-refractivity contribution is 0.186. The van der Waals surface area contributed by atoms with Gasteiger partial charge in [-0.15, -0.1) is 0 Å². The molecule has 132 valence electrons. The molecular weight excluding hydrogens is 356 g/mol. The van der Waals surface area contributed by atoms with Crippen molar-refractivity contribution in [3.8, 4) is 0 Å². The Bertz CT molecular complexity index is 937. The maximum Gasteiger partial charge on any atom is 0.179 e. The minimum Gasteiger partial charge on any atom is -0.383 e. The summed E-state index contributed by atoms with van der Waals surface area (Å²) in [6.07, 6.45) is 0. The number of ether oxygens (including phenoxy) is 1. The van der Waals surface area contributed by atoms with Gasteiger partial charge in [0.15, 0.2) is 15.0 Å². The molecule has 7 heteroatoms. The average molecular weight is 377 g/mol. The van der Waals surface area contributed by atoms with Crippen LogP contribution in [-0.4, -0.2) is 43.2 Å². The third-order valence-electron chi connectivity index (χ3n) is 3.82. The van der Waals surface area contributed by atoms with Crippen molar-refractivity contribution in [2.75, 3.05) is 25.2 Å². The van der Waals surface area contributed by atoms with Crippen molar-refractivity contribution in [3.63, 3.8) is 0 Å². The van der Waals surface area contributed by atoms with Crippen LogP contribution in [0.3, 0.4) is 0 Å². The second kappa shape index (κ2) is 8.03. The molecule has 25 heavy (non-hydrogen) atoms. The van der Waals surface area contributed by atoms with Crippen LogP contribution >= 0.6 is 11.8 Å². The second-order valence-corrected chi connectivity index (χ2v) is 8.68. The molecular formula is C18H20N2O3S2. The average Bonchev–Trinajstić information content (AvgIpc) is 2.98. The van der Waals surface area contributed by atoms with Gasteiger partial charge in [0.1, 0.15) is 0 Å². The summed E-state index contributed by atoms with van der Waals surface area (Å²) < 4.78 is 32.0. The fourth-order valence-electron chi connectivity index (χ4n) is 2.55. The van der Waals surface area contributed by atoms with Gasteiger partial charge >= 0.3 is 0 Å². The molecule has 0 aliphatic carbocycles. The van der Waals surface area contributed by atoms with E-state index >= 15 is 0 Å². The summed E-state index contributed by atoms with van der Waals surface area (Å²) >= 11 is 1.46. The molecule has 0 amide bonds. The number of fused-ring (bicyclic) bond motifs is 1. The van der Waals surface area contributed by atoms with E-state index < -0.39 is 9.84 Å². The first-order chi connectivity index (χ1) is 12.1. The van der Waals surface area contributed by atoms with Crippen molar-refractivity contribution >= 4 is 32.6 Å². The topological polar surface area (TPSA) is 61.2 Å². The van der Waals surface area contributed by atoms with E-state index in [1.165, 1.54) is 11.8 Å². The number of nitrogens with zero attached hydrogens (tertiary/aromatic N) is 2. The number of aromatic nitrogens is 2. The number of rotatable bonds is 8. The van der Waals surface area contributed by atoms with E-state index in [1.54, 1.807) is 31.4 Å². The molecule has 3 rings (SSSR count). The van der Waals surface area contributed by atoms with Crippen molar-refractivity contribution in [2.24, 2.45) is 0 Å². The molecule has 0 N–H and O–H groups in total. The van der Waals surface area contributed by atoms with Gasteiger partial charge in [-0.3, -0.25) is 0 Å². The molecule has 0 unspecified atom stereocenters. The van der Waals surface area contributed by atoms with E-state index in [4.69, 9.17) is 4.74 Å². The molecule has 0 fully saturated rings. The lowest BCUT2D eigenvalue weighted by Gasteiger charge is -2.08. The number of para-hydroxylation sites is 2. The summed E-state index contributed by atoms with van der Waals surface area (Å²) in [5.74, 6) is 0.530. The van der Waals surface area contributed by atoms with Crippen LogP contribution in [0.15, 0.2) is 64.6 Å². The number of sulfone groups is 1. The number of thioether (sulfide) groups is 1. The van der Waals surface area contributed by atoms with Gasteiger partial charge in [0.2, 0.25) is 0 Å². The Labute approximate surface area is 151 Å². The van der Waals surface area contributed by atoms with Crippen molar-refractivity contribution in [1.82, 2.24) is 9.55 Å². The molecule has 0 bridgehead atoms. The van der Waals surface area contributed by atoms with E-state index in [0.717, 1.165) is 16.2 Å². The number of hydrogen-bond donors (Lipinski definition) is 0. The highest BCUT2D eigenvalue weighted by Crippen LogP contribution is 2.25. The van der Waals surface area contributed by atoms with E-state index in [0.29, 0.717) is 23.8 Å². The van der Waals surface area contributed by atoms with Gasteiger partial charge in [0, 0.05) is 19.4 Å². The van der Waals surface area contributed by atoms with Gasteiger partial charge < -0.3 is 9.30 Å². The van der Waals surface area contributed by atoms with Crippen LogP contribution in [0.1, 0.15) is 0 Å². The van der Waals surface area contributed by atoms with Gasteiger partial charge in [-0.25, -0.2) is 13.4 Å². The predicted octanol–water partition coefficient (Wildman–Crippen LogP) is 3.25. The molecule has 0 aliphatic rings. The third-order valence-corrected chi connectivity index (χ3v) is 6.79. The second-order valence-electron chi connectivity index (χ2n) is 5.51. The van der Waals surface area contributed by atoms with Crippen LogP contribution in [0.5, 0.6) is 0 Å². The molecule has 5 nitrogen and oxygen atoms in total. The van der Waals surface area contributed by atoms with Gasteiger partial charge in [-0.2, -0.15) is 0 Å². The minimum absolute atomic E-state index is 0.0785. The zero-order valence-corrected chi connectivity index (χ0v) is 15.6. The first-order valence-electron chi connectivity index (χ1n) is 7.96. The molecule has 0 aliphatic heterocycles. The molecule has 1 heterocycles. The maximum atomic E-state index is 12.4. The van der Waals surface area contributed by atoms with Gasteiger partial charge in [0.05, 0.1) is 28.3 Å². The standard InChI is InChI=1S/C18H20N2O3S2/c1-23-12-11-20-17-10-6-5-9-16(17)19-18(20)24-13-14-25(21,22)15-7-3-2-4-8-15/h2-10H,11-14H2,1H3. The SMILES string of the molecule is COCCn1c(SCCS(=O)(=O)c2ccccc2)nc2ccccc21. The van der Waals surface area contributed by atoms with Crippen LogP contribution in [0.25, 0.3) is 11.0 Å². The lowest BCUT2D eigenvalue weighted by Crippen LogP contribution is -2.10. The molecule has 3 aromatic rings. The normalized spacial score (nSPS) is 11.9. The van der Waals surface area contributed by atoms with Crippen LogP contribution in [0.2, 0.25) is 0 Å². The monoisotopic (exact) mass is 376 g/mol. The number of benzene rings is 2. The molecule has 0 saturated carbocycles. The summed E-state index contributed by atoms with van der Waals surface area (Å²) in [6, 6.07) is 16.5. The van der Waals surface area contributed by atoms with E-state index in [1.807, 2.05) is 30.3 Å². The summed E-state index contributed by atoms with van der Waals surface area (Å²) in [7, 11) is -1.61. The van der Waals surface area contributed by atoms with Crippen molar-refractivity contribution in [2.45, 2.75) is 16.6 Å². The highest BCUT2D eigenvalue weighted by Gasteiger charge is 2.16. The van der Waals surface area contributed by atoms with E-state index in [9.17, 15) is 8.42 Å². The summed E-state index contributed by atoms with van der Waals surface area (Å²) in [6.45, 7) is 1.26. The maximum absolute atomic E-state index is 12.4. The van der Waals surface area contributed by atoms with Crippen molar-refractivity contribution < 1.29 is 13.2 Å². The van der Waals surface area contributed by atoms with Crippen molar-refractivity contribution in [3.05, 3.63) is 54.6 Å². The Hall–Kier alpha value is -1.83. The Kier molecular flexibility index (Phi) is 5.78. The number of imidazole rings is 1. The Morgan fingerprint density at radius 3 is 2.56 bits per heavy atom. The minimum atomic E-state index is -3.27. The molecule has 0 spiro atoms. The summed E-state index contributed by atoms with van der Waals surface area (Å²) in [5.41, 5.74) is 1.94. The highest BCUT2D eigenvalue weighted by atomic mass is 32.2. The van der Waals surface area contributed by atoms with Gasteiger partial charge in [0.25, 0.3) is 0 Å². The molecule has 2 aromatic carbocycles. The van der Waals surface area contributed by atoms with Gasteiger partial charge in [-0.05, 0) is 24.3 Å². The van der Waals surface area contributed by atoms with Crippen LogP contribution < -0.4 is 0 Å². The molecule has 0 atom stereocenters. The summed E-state index contributed by atoms with van der Waals surface area (Å²) in [5, 5.41) is 0.821. The van der Waals surface area contributed by atoms with E-state index in [2.05, 4.69) is 9.55 Å². The highest BCUT2D eigenvalue weighted by molar-refractivity contribution is 8.00.